The topological polar surface area (TPSA) is 111 Å². The van der Waals surface area contributed by atoms with E-state index in [-0.39, 0.29) is 16.8 Å². The lowest BCUT2D eigenvalue weighted by Crippen LogP contribution is -2.48. The summed E-state index contributed by atoms with van der Waals surface area (Å²) >= 11 is 0. The fraction of sp³-hybridized carbons (Fsp3) is 0.227. The van der Waals surface area contributed by atoms with Gasteiger partial charge in [0, 0.05) is 16.5 Å². The van der Waals surface area contributed by atoms with E-state index in [0.717, 1.165) is 5.56 Å². The molecule has 1 heterocycles. The van der Waals surface area contributed by atoms with Crippen molar-refractivity contribution in [3.05, 3.63) is 72.3 Å². The van der Waals surface area contributed by atoms with Gasteiger partial charge in [-0.2, -0.15) is 0 Å². The van der Waals surface area contributed by atoms with Crippen molar-refractivity contribution >= 4 is 32.4 Å². The first-order valence-electron chi connectivity index (χ1n) is 9.66. The van der Waals surface area contributed by atoms with Crippen LogP contribution < -0.4 is 15.8 Å². The van der Waals surface area contributed by atoms with E-state index in [1.54, 1.807) is 36.4 Å². The minimum atomic E-state index is -3.72. The molecule has 0 bridgehead atoms. The molecule has 1 amide bonds. The van der Waals surface area contributed by atoms with Gasteiger partial charge in [0.15, 0.2) is 0 Å². The number of carbonyl (C=O) groups is 1. The maximum atomic E-state index is 12.8. The van der Waals surface area contributed by atoms with Gasteiger partial charge in [0.25, 0.3) is 0 Å². The van der Waals surface area contributed by atoms with Crippen LogP contribution in [0.25, 0.3) is 10.8 Å². The fourth-order valence-electron chi connectivity index (χ4n) is 3.40. The molecule has 0 spiro atoms. The number of hydrogen-bond acceptors (Lipinski definition) is 5. The zero-order chi connectivity index (χ0) is 21.1. The number of sulfonamides is 1. The Morgan fingerprint density at radius 1 is 1.00 bits per heavy atom. The van der Waals surface area contributed by atoms with E-state index in [1.165, 1.54) is 0 Å². The molecule has 1 fully saturated rings. The average molecular weight is 426 g/mol. The Morgan fingerprint density at radius 2 is 1.70 bits per heavy atom. The Kier molecular flexibility index (Phi) is 5.83. The van der Waals surface area contributed by atoms with E-state index in [0.29, 0.717) is 36.1 Å². The van der Waals surface area contributed by atoms with Crippen LogP contribution in [0.3, 0.4) is 0 Å². The third-order valence-electron chi connectivity index (χ3n) is 5.02. The summed E-state index contributed by atoms with van der Waals surface area (Å²) in [6.07, 6.45) is 0.407. The molecule has 3 aromatic rings. The summed E-state index contributed by atoms with van der Waals surface area (Å²) < 4.78 is 33.3. The Hall–Kier alpha value is -2.78. The zero-order valence-corrected chi connectivity index (χ0v) is 17.1. The monoisotopic (exact) mass is 425 g/mol. The van der Waals surface area contributed by atoms with E-state index in [1.807, 2.05) is 30.3 Å². The third-order valence-corrected chi connectivity index (χ3v) is 6.60. The van der Waals surface area contributed by atoms with Gasteiger partial charge in [0.1, 0.15) is 0 Å². The molecule has 4 N–H and O–H groups in total. The van der Waals surface area contributed by atoms with Crippen LogP contribution in [0, 0.1) is 0 Å². The van der Waals surface area contributed by atoms with Crippen LogP contribution in [0.4, 0.5) is 5.69 Å². The molecule has 8 heteroatoms. The van der Waals surface area contributed by atoms with Crippen LogP contribution in [-0.4, -0.2) is 39.6 Å². The number of nitrogens with two attached hydrogens (primary N) is 1. The van der Waals surface area contributed by atoms with Gasteiger partial charge in [-0.25, -0.2) is 13.1 Å². The molecular weight excluding hydrogens is 402 g/mol. The molecule has 7 nitrogen and oxygen atoms in total. The molecule has 1 aliphatic heterocycles. The second-order valence-electron chi connectivity index (χ2n) is 7.30. The summed E-state index contributed by atoms with van der Waals surface area (Å²) in [5.41, 5.74) is 7.58. The van der Waals surface area contributed by atoms with Gasteiger partial charge in [-0.1, -0.05) is 54.6 Å². The summed E-state index contributed by atoms with van der Waals surface area (Å²) in [7, 11) is -3.72. The highest BCUT2D eigenvalue weighted by molar-refractivity contribution is 7.89. The maximum absolute atomic E-state index is 12.8. The average Bonchev–Trinajstić information content (AvgIpc) is 2.71. The van der Waals surface area contributed by atoms with Gasteiger partial charge in [0.05, 0.1) is 30.2 Å². The smallest absolute Gasteiger partial charge is 0.241 e. The number of carbonyl (C=O) groups excluding carboxylic acids is 1. The highest BCUT2D eigenvalue weighted by Crippen LogP contribution is 2.29. The van der Waals surface area contributed by atoms with Crippen molar-refractivity contribution in [3.8, 4) is 0 Å². The number of benzene rings is 3. The summed E-state index contributed by atoms with van der Waals surface area (Å²) in [4.78, 5) is 12.8. The first-order valence-corrected chi connectivity index (χ1v) is 11.1. The van der Waals surface area contributed by atoms with Crippen molar-refractivity contribution in [2.75, 3.05) is 18.5 Å². The van der Waals surface area contributed by atoms with Crippen LogP contribution >= 0.6 is 0 Å². The van der Waals surface area contributed by atoms with Gasteiger partial charge in [-0.15, -0.1) is 0 Å². The first kappa shape index (κ1) is 20.5. The fourth-order valence-corrected chi connectivity index (χ4v) is 4.82. The number of nitrogens with one attached hydrogen (secondary N) is 2. The molecule has 1 unspecified atom stereocenters. The van der Waals surface area contributed by atoms with Crippen LogP contribution in [0.5, 0.6) is 0 Å². The standard InChI is InChI=1S/C22H23N3O4S/c23-19(12-15-6-2-1-3-7-15)22(26)24-20-10-4-9-18-17(20)8-5-11-21(18)30(27,28)25-16-13-29-14-16/h1-11,16,19,25H,12-14,23H2,(H,24,26). The number of ether oxygens (including phenoxy) is 1. The van der Waals surface area contributed by atoms with Crippen LogP contribution in [0.15, 0.2) is 71.6 Å². The third kappa shape index (κ3) is 4.36. The summed E-state index contributed by atoms with van der Waals surface area (Å²) in [5.74, 6) is -0.329. The maximum Gasteiger partial charge on any atom is 0.241 e. The largest absolute Gasteiger partial charge is 0.378 e. The molecule has 1 saturated heterocycles. The normalized spacial score (nSPS) is 15.5. The van der Waals surface area contributed by atoms with Crippen molar-refractivity contribution in [2.24, 2.45) is 5.73 Å². The van der Waals surface area contributed by atoms with Gasteiger partial charge >= 0.3 is 0 Å². The quantitative estimate of drug-likeness (QED) is 0.536. The molecule has 0 radical (unpaired) electrons. The lowest BCUT2D eigenvalue weighted by atomic mass is 10.1. The van der Waals surface area contributed by atoms with Crippen molar-refractivity contribution in [2.45, 2.75) is 23.4 Å². The number of hydrogen-bond donors (Lipinski definition) is 3. The highest BCUT2D eigenvalue weighted by Gasteiger charge is 2.27. The minimum Gasteiger partial charge on any atom is -0.378 e. The summed E-state index contributed by atoms with van der Waals surface area (Å²) in [5, 5.41) is 4.01. The Balaban J connectivity index is 1.58. The number of rotatable bonds is 7. The van der Waals surface area contributed by atoms with E-state index in [9.17, 15) is 13.2 Å². The first-order chi connectivity index (χ1) is 14.4. The lowest BCUT2D eigenvalue weighted by molar-refractivity contribution is -0.117. The van der Waals surface area contributed by atoms with Crippen molar-refractivity contribution < 1.29 is 17.9 Å². The van der Waals surface area contributed by atoms with E-state index in [2.05, 4.69) is 10.0 Å². The Labute approximate surface area is 175 Å². The van der Waals surface area contributed by atoms with E-state index in [4.69, 9.17) is 10.5 Å². The molecule has 4 rings (SSSR count). The number of amides is 1. The zero-order valence-electron chi connectivity index (χ0n) is 16.2. The van der Waals surface area contributed by atoms with Gasteiger partial charge < -0.3 is 15.8 Å². The SMILES string of the molecule is NC(Cc1ccccc1)C(=O)Nc1cccc2c(S(=O)(=O)NC3COC3)cccc12. The Bertz CT molecular complexity index is 1160. The van der Waals surface area contributed by atoms with Crippen LogP contribution in [-0.2, 0) is 26.0 Å². The second kappa shape index (κ2) is 8.53. The minimum absolute atomic E-state index is 0.164. The number of anilines is 1. The molecule has 0 saturated carbocycles. The molecule has 0 aliphatic carbocycles. The molecule has 1 atom stereocenters. The molecule has 156 valence electrons. The van der Waals surface area contributed by atoms with Crippen molar-refractivity contribution in [1.29, 1.82) is 0 Å². The number of fused-ring (bicyclic) bond motifs is 1. The lowest BCUT2D eigenvalue weighted by Gasteiger charge is -2.26. The van der Waals surface area contributed by atoms with Gasteiger partial charge in [-0.3, -0.25) is 4.79 Å². The van der Waals surface area contributed by atoms with Crippen LogP contribution in [0.1, 0.15) is 5.56 Å². The summed E-state index contributed by atoms with van der Waals surface area (Å²) in [6, 6.07) is 18.8. The van der Waals surface area contributed by atoms with Crippen LogP contribution in [0.2, 0.25) is 0 Å². The van der Waals surface area contributed by atoms with Gasteiger partial charge in [0.2, 0.25) is 15.9 Å². The highest BCUT2D eigenvalue weighted by atomic mass is 32.2. The Morgan fingerprint density at radius 3 is 2.40 bits per heavy atom. The summed E-state index contributed by atoms with van der Waals surface area (Å²) in [6.45, 7) is 0.731. The predicted molar refractivity (Wildman–Crippen MR) is 116 cm³/mol. The molecule has 3 aromatic carbocycles. The molecular formula is C22H23N3O4S. The second-order valence-corrected chi connectivity index (χ2v) is 8.98. The van der Waals surface area contributed by atoms with Gasteiger partial charge in [-0.05, 0) is 24.1 Å². The predicted octanol–water partition coefficient (Wildman–Crippen LogP) is 2.03. The molecule has 0 aromatic heterocycles. The van der Waals surface area contributed by atoms with E-state index >= 15 is 0 Å². The van der Waals surface area contributed by atoms with Crippen molar-refractivity contribution in [3.63, 3.8) is 0 Å². The van der Waals surface area contributed by atoms with Crippen molar-refractivity contribution in [1.82, 2.24) is 4.72 Å². The molecule has 1 aliphatic rings. The van der Waals surface area contributed by atoms with E-state index < -0.39 is 16.1 Å². The molecule has 30 heavy (non-hydrogen) atoms.